The monoisotopic (exact) mass is 421 g/mol. The van der Waals surface area contributed by atoms with Crippen molar-refractivity contribution in [2.75, 3.05) is 11.4 Å². The van der Waals surface area contributed by atoms with E-state index < -0.39 is 0 Å². The number of aromatic nitrogens is 3. The van der Waals surface area contributed by atoms with Crippen LogP contribution in [0.15, 0.2) is 48.8 Å². The molecule has 0 radical (unpaired) electrons. The lowest BCUT2D eigenvalue weighted by Gasteiger charge is -2.15. The summed E-state index contributed by atoms with van der Waals surface area (Å²) in [6.07, 6.45) is 1.69. The fourth-order valence-electron chi connectivity index (χ4n) is 3.70. The Morgan fingerprint density at radius 1 is 1.19 bits per heavy atom. The van der Waals surface area contributed by atoms with Crippen LogP contribution in [-0.2, 0) is 11.3 Å². The van der Waals surface area contributed by atoms with E-state index in [1.165, 1.54) is 19.1 Å². The van der Waals surface area contributed by atoms with Crippen LogP contribution in [-0.4, -0.2) is 33.1 Å². The number of benzene rings is 2. The first kappa shape index (κ1) is 20.7. The SMILES string of the molecule is CC(=O)N1CC(c2ncn(C(C)C)n2)c2cc(C(=O)NCc3ccc(F)cc3)ccc21. The topological polar surface area (TPSA) is 80.1 Å². The second kappa shape index (κ2) is 8.29. The second-order valence-electron chi connectivity index (χ2n) is 7.94. The minimum absolute atomic E-state index is 0.0689. The summed E-state index contributed by atoms with van der Waals surface area (Å²) in [6, 6.07) is 11.5. The predicted octanol–water partition coefficient (Wildman–Crippen LogP) is 3.43. The molecule has 7 nitrogen and oxygen atoms in total. The second-order valence-corrected chi connectivity index (χ2v) is 7.94. The first-order chi connectivity index (χ1) is 14.8. The third kappa shape index (κ3) is 4.19. The van der Waals surface area contributed by atoms with Gasteiger partial charge in [-0.05, 0) is 55.3 Å². The summed E-state index contributed by atoms with van der Waals surface area (Å²) in [6.45, 7) is 6.29. The minimum Gasteiger partial charge on any atom is -0.348 e. The maximum absolute atomic E-state index is 13.1. The molecule has 31 heavy (non-hydrogen) atoms. The van der Waals surface area contributed by atoms with Gasteiger partial charge in [0.25, 0.3) is 5.91 Å². The molecule has 0 bridgehead atoms. The lowest BCUT2D eigenvalue weighted by molar-refractivity contribution is -0.116. The Morgan fingerprint density at radius 2 is 1.94 bits per heavy atom. The van der Waals surface area contributed by atoms with Crippen LogP contribution < -0.4 is 10.2 Å². The van der Waals surface area contributed by atoms with E-state index in [0.717, 1.165) is 16.8 Å². The van der Waals surface area contributed by atoms with Crippen molar-refractivity contribution in [3.63, 3.8) is 0 Å². The maximum atomic E-state index is 13.1. The number of carbonyl (C=O) groups is 2. The highest BCUT2D eigenvalue weighted by Crippen LogP contribution is 2.39. The van der Waals surface area contributed by atoms with Crippen molar-refractivity contribution in [1.29, 1.82) is 0 Å². The van der Waals surface area contributed by atoms with Gasteiger partial charge in [0.15, 0.2) is 5.82 Å². The van der Waals surface area contributed by atoms with Crippen molar-refractivity contribution in [3.05, 3.63) is 77.1 Å². The van der Waals surface area contributed by atoms with Gasteiger partial charge < -0.3 is 10.2 Å². The molecule has 0 spiro atoms. The van der Waals surface area contributed by atoms with Crippen LogP contribution in [0.25, 0.3) is 0 Å². The van der Waals surface area contributed by atoms with Gasteiger partial charge in [-0.15, -0.1) is 0 Å². The van der Waals surface area contributed by atoms with Crippen LogP contribution in [0.3, 0.4) is 0 Å². The third-order valence-electron chi connectivity index (χ3n) is 5.43. The summed E-state index contributed by atoms with van der Waals surface area (Å²) in [5.74, 6) is -0.206. The standard InChI is InChI=1S/C23H24FN5O2/c1-14(2)29-13-26-22(27-29)20-12-28(15(3)30)21-9-6-17(10-19(20)21)23(31)25-11-16-4-7-18(24)8-5-16/h4-10,13-14,20H,11-12H2,1-3H3,(H,25,31). The minimum atomic E-state index is -0.316. The van der Waals surface area contributed by atoms with E-state index in [0.29, 0.717) is 24.5 Å². The molecule has 2 heterocycles. The fraction of sp³-hybridized carbons (Fsp3) is 0.304. The molecule has 0 fully saturated rings. The van der Waals surface area contributed by atoms with Gasteiger partial charge in [0.05, 0.1) is 5.92 Å². The first-order valence-corrected chi connectivity index (χ1v) is 10.2. The molecule has 1 atom stereocenters. The lowest BCUT2D eigenvalue weighted by atomic mass is 9.98. The largest absolute Gasteiger partial charge is 0.348 e. The number of amides is 2. The van der Waals surface area contributed by atoms with E-state index in [9.17, 15) is 14.0 Å². The molecule has 0 saturated heterocycles. The van der Waals surface area contributed by atoms with Crippen molar-refractivity contribution in [2.24, 2.45) is 0 Å². The quantitative estimate of drug-likeness (QED) is 0.685. The summed E-state index contributed by atoms with van der Waals surface area (Å²) < 4.78 is 14.8. The van der Waals surface area contributed by atoms with Gasteiger partial charge >= 0.3 is 0 Å². The van der Waals surface area contributed by atoms with E-state index in [2.05, 4.69) is 15.4 Å². The van der Waals surface area contributed by atoms with Crippen LogP contribution in [0.1, 0.15) is 60.0 Å². The summed E-state index contributed by atoms with van der Waals surface area (Å²) in [7, 11) is 0. The highest BCUT2D eigenvalue weighted by Gasteiger charge is 2.35. The Hall–Kier alpha value is -3.55. The van der Waals surface area contributed by atoms with Crippen LogP contribution in [0.5, 0.6) is 0 Å². The smallest absolute Gasteiger partial charge is 0.251 e. The van der Waals surface area contributed by atoms with Crippen LogP contribution in [0, 0.1) is 5.82 Å². The van der Waals surface area contributed by atoms with Crippen LogP contribution in [0.2, 0.25) is 0 Å². The van der Waals surface area contributed by atoms with Crippen molar-refractivity contribution in [1.82, 2.24) is 20.1 Å². The Kier molecular flexibility index (Phi) is 5.54. The summed E-state index contributed by atoms with van der Waals surface area (Å²) >= 11 is 0. The number of halogens is 1. The zero-order chi connectivity index (χ0) is 22.1. The number of rotatable bonds is 5. The first-order valence-electron chi connectivity index (χ1n) is 10.2. The van der Waals surface area contributed by atoms with Gasteiger partial charge in [0.2, 0.25) is 5.91 Å². The van der Waals surface area contributed by atoms with Crippen molar-refractivity contribution >= 4 is 17.5 Å². The Bertz CT molecular complexity index is 1120. The van der Waals surface area contributed by atoms with Crippen molar-refractivity contribution in [3.8, 4) is 0 Å². The van der Waals surface area contributed by atoms with Gasteiger partial charge in [0.1, 0.15) is 12.1 Å². The highest BCUT2D eigenvalue weighted by molar-refractivity contribution is 5.98. The lowest BCUT2D eigenvalue weighted by Crippen LogP contribution is -2.27. The molecule has 4 rings (SSSR count). The van der Waals surface area contributed by atoms with E-state index in [4.69, 9.17) is 0 Å². The molecule has 0 saturated carbocycles. The number of carbonyl (C=O) groups excluding carboxylic acids is 2. The van der Waals surface area contributed by atoms with E-state index in [1.54, 1.807) is 46.2 Å². The number of hydrogen-bond acceptors (Lipinski definition) is 4. The molecule has 3 aromatic rings. The maximum Gasteiger partial charge on any atom is 0.251 e. The van der Waals surface area contributed by atoms with E-state index in [-0.39, 0.29) is 29.6 Å². The zero-order valence-corrected chi connectivity index (χ0v) is 17.7. The highest BCUT2D eigenvalue weighted by atomic mass is 19.1. The molecule has 2 amide bonds. The number of nitrogens with zero attached hydrogens (tertiary/aromatic N) is 4. The average Bonchev–Trinajstić information content (AvgIpc) is 3.37. The fourth-order valence-corrected chi connectivity index (χ4v) is 3.70. The summed E-state index contributed by atoms with van der Waals surface area (Å²) in [5.41, 5.74) is 2.92. The van der Waals surface area contributed by atoms with Gasteiger partial charge in [-0.2, -0.15) is 5.10 Å². The molecule has 2 aromatic carbocycles. The van der Waals surface area contributed by atoms with Crippen LogP contribution in [0.4, 0.5) is 10.1 Å². The average molecular weight is 421 g/mol. The zero-order valence-electron chi connectivity index (χ0n) is 17.7. The van der Waals surface area contributed by atoms with Gasteiger partial charge in [-0.25, -0.2) is 9.37 Å². The normalized spacial score (nSPS) is 15.3. The van der Waals surface area contributed by atoms with Crippen molar-refractivity contribution < 1.29 is 14.0 Å². The Balaban J connectivity index is 1.60. The molecular formula is C23H24FN5O2. The van der Waals surface area contributed by atoms with Gasteiger partial charge in [-0.1, -0.05) is 12.1 Å². The third-order valence-corrected chi connectivity index (χ3v) is 5.43. The van der Waals surface area contributed by atoms with Crippen molar-refractivity contribution in [2.45, 2.75) is 39.3 Å². The summed E-state index contributed by atoms with van der Waals surface area (Å²) in [4.78, 5) is 31.1. The molecular weight excluding hydrogens is 397 g/mol. The summed E-state index contributed by atoms with van der Waals surface area (Å²) in [5, 5.41) is 7.43. The van der Waals surface area contributed by atoms with E-state index >= 15 is 0 Å². The Labute approximate surface area is 179 Å². The number of hydrogen-bond donors (Lipinski definition) is 1. The molecule has 1 N–H and O–H groups in total. The van der Waals surface area contributed by atoms with E-state index in [1.807, 2.05) is 13.8 Å². The molecule has 160 valence electrons. The molecule has 8 heteroatoms. The molecule has 0 aliphatic carbocycles. The molecule has 1 aromatic heterocycles. The van der Waals surface area contributed by atoms with Crippen LogP contribution >= 0.6 is 0 Å². The molecule has 1 unspecified atom stereocenters. The van der Waals surface area contributed by atoms with Gasteiger partial charge in [0, 0.05) is 37.3 Å². The Morgan fingerprint density at radius 3 is 2.58 bits per heavy atom. The molecule has 1 aliphatic rings. The predicted molar refractivity (Wildman–Crippen MR) is 114 cm³/mol. The number of fused-ring (bicyclic) bond motifs is 1. The number of anilines is 1. The number of nitrogens with one attached hydrogen (secondary N) is 1. The molecule has 1 aliphatic heterocycles. The van der Waals surface area contributed by atoms with Gasteiger partial charge in [-0.3, -0.25) is 14.3 Å².